The summed E-state index contributed by atoms with van der Waals surface area (Å²) >= 11 is 6.07. The fraction of sp³-hybridized carbons (Fsp3) is 0.353. The van der Waals surface area contributed by atoms with Crippen LogP contribution in [0, 0.1) is 5.92 Å². The molecule has 2 aromatic rings. The van der Waals surface area contributed by atoms with Gasteiger partial charge in [-0.15, -0.1) is 0 Å². The second-order valence-corrected chi connectivity index (χ2v) is 8.39. The molecular weight excluding hydrogens is 349 g/mol. The number of esters is 1. The molecule has 0 saturated heterocycles. The average Bonchev–Trinajstić information content (AvgIpc) is 2.53. The number of hydrogen-bond acceptors (Lipinski definition) is 4. The van der Waals surface area contributed by atoms with Gasteiger partial charge in [0.2, 0.25) is 0 Å². The maximum absolute atomic E-state index is 12.7. The largest absolute Gasteiger partial charge is 0.465 e. The van der Waals surface area contributed by atoms with Crippen LogP contribution < -0.4 is 9.61 Å². The molecular formula is C17H21ClNO4P. The fourth-order valence-corrected chi connectivity index (χ4v) is 4.04. The lowest BCUT2D eigenvalue weighted by molar-refractivity contribution is -0.146. The normalized spacial score (nSPS) is 15.0. The summed E-state index contributed by atoms with van der Waals surface area (Å²) in [5.41, 5.74) is 0. The van der Waals surface area contributed by atoms with Crippen molar-refractivity contribution in [3.05, 3.63) is 42.5 Å². The van der Waals surface area contributed by atoms with Gasteiger partial charge in [0.05, 0.1) is 6.61 Å². The maximum atomic E-state index is 12.7. The molecule has 0 aliphatic carbocycles. The number of hydrogen-bond donors (Lipinski definition) is 1. The Hall–Kier alpha value is -1.55. The minimum absolute atomic E-state index is 0.160. The SMILES string of the molecule is CCOC(=O)[C@@H](NP(=O)(Cl)Oc1cccc2ccccc12)C(C)C. The van der Waals surface area contributed by atoms with E-state index in [0.717, 1.165) is 10.8 Å². The van der Waals surface area contributed by atoms with E-state index in [1.807, 2.05) is 44.2 Å². The molecule has 0 aliphatic heterocycles. The number of nitrogens with one attached hydrogen (secondary N) is 1. The average molecular weight is 370 g/mol. The van der Waals surface area contributed by atoms with Crippen LogP contribution in [0.3, 0.4) is 0 Å². The summed E-state index contributed by atoms with van der Waals surface area (Å²) in [6, 6.07) is 12.1. The van der Waals surface area contributed by atoms with Crippen LogP contribution in [-0.4, -0.2) is 18.6 Å². The first-order chi connectivity index (χ1) is 11.3. The van der Waals surface area contributed by atoms with Crippen molar-refractivity contribution in [2.45, 2.75) is 26.8 Å². The standard InChI is InChI=1S/C17H21ClNO4P/c1-4-22-17(20)16(12(2)3)19-24(18,21)23-15-11-7-9-13-8-5-6-10-14(13)15/h5-12,16H,4H2,1-3H3,(H,19,21)/t16-,24?/m0/s1. The van der Waals surface area contributed by atoms with Gasteiger partial charge in [-0.25, -0.2) is 9.65 Å². The number of carbonyl (C=O) groups is 1. The molecule has 24 heavy (non-hydrogen) atoms. The summed E-state index contributed by atoms with van der Waals surface area (Å²) in [5.74, 6) is -0.271. The Morgan fingerprint density at radius 1 is 1.21 bits per heavy atom. The minimum Gasteiger partial charge on any atom is -0.465 e. The Bertz CT molecular complexity index is 760. The van der Waals surface area contributed by atoms with Crippen molar-refractivity contribution in [3.63, 3.8) is 0 Å². The van der Waals surface area contributed by atoms with Crippen LogP contribution in [-0.2, 0) is 14.1 Å². The van der Waals surface area contributed by atoms with Gasteiger partial charge in [0.1, 0.15) is 11.8 Å². The summed E-state index contributed by atoms with van der Waals surface area (Å²) in [6.45, 7) is 1.78. The molecule has 7 heteroatoms. The van der Waals surface area contributed by atoms with Crippen molar-refractivity contribution in [1.29, 1.82) is 0 Å². The van der Waals surface area contributed by atoms with E-state index in [2.05, 4.69) is 5.09 Å². The van der Waals surface area contributed by atoms with Gasteiger partial charge in [-0.1, -0.05) is 50.2 Å². The molecule has 0 spiro atoms. The molecule has 1 unspecified atom stereocenters. The summed E-state index contributed by atoms with van der Waals surface area (Å²) < 4.78 is 23.2. The number of benzene rings is 2. The van der Waals surface area contributed by atoms with Crippen LogP contribution in [0.15, 0.2) is 42.5 Å². The molecule has 0 aromatic heterocycles. The minimum atomic E-state index is -3.78. The molecule has 0 bridgehead atoms. The lowest BCUT2D eigenvalue weighted by Crippen LogP contribution is -2.40. The number of fused-ring (bicyclic) bond motifs is 1. The van der Waals surface area contributed by atoms with Gasteiger partial charge in [-0.2, -0.15) is 0 Å². The van der Waals surface area contributed by atoms with E-state index < -0.39 is 18.9 Å². The number of ether oxygens (including phenoxy) is 1. The van der Waals surface area contributed by atoms with Crippen LogP contribution in [0.1, 0.15) is 20.8 Å². The van der Waals surface area contributed by atoms with E-state index in [9.17, 15) is 9.36 Å². The number of carbonyl (C=O) groups excluding carboxylic acids is 1. The highest BCUT2D eigenvalue weighted by Crippen LogP contribution is 2.50. The van der Waals surface area contributed by atoms with Crippen molar-refractivity contribution in [2.24, 2.45) is 5.92 Å². The van der Waals surface area contributed by atoms with Gasteiger partial charge in [0.25, 0.3) is 0 Å². The van der Waals surface area contributed by atoms with E-state index in [-0.39, 0.29) is 12.5 Å². The van der Waals surface area contributed by atoms with Crippen molar-refractivity contribution in [1.82, 2.24) is 5.09 Å². The third kappa shape index (κ3) is 4.73. The topological polar surface area (TPSA) is 64.6 Å². The summed E-state index contributed by atoms with van der Waals surface area (Å²) in [6.07, 6.45) is 0. The van der Waals surface area contributed by atoms with Crippen molar-refractivity contribution in [3.8, 4) is 5.75 Å². The molecule has 2 aromatic carbocycles. The smallest absolute Gasteiger partial charge is 0.409 e. The Morgan fingerprint density at radius 3 is 2.54 bits per heavy atom. The zero-order chi connectivity index (χ0) is 17.7. The fourth-order valence-electron chi connectivity index (χ4n) is 2.30. The van der Waals surface area contributed by atoms with Crippen molar-refractivity contribution >= 4 is 34.9 Å². The Morgan fingerprint density at radius 2 is 1.88 bits per heavy atom. The number of halogens is 1. The van der Waals surface area contributed by atoms with Gasteiger partial charge < -0.3 is 9.26 Å². The highest BCUT2D eigenvalue weighted by molar-refractivity contribution is 7.84. The highest BCUT2D eigenvalue weighted by atomic mass is 35.7. The lowest BCUT2D eigenvalue weighted by Gasteiger charge is -2.23. The van der Waals surface area contributed by atoms with E-state index in [1.54, 1.807) is 19.1 Å². The third-order valence-electron chi connectivity index (χ3n) is 3.47. The maximum Gasteiger partial charge on any atom is 0.409 e. The Kier molecular flexibility index (Phi) is 6.27. The zero-order valence-electron chi connectivity index (χ0n) is 13.9. The molecule has 2 rings (SSSR count). The first kappa shape index (κ1) is 18.8. The van der Waals surface area contributed by atoms with Crippen molar-refractivity contribution in [2.75, 3.05) is 6.61 Å². The molecule has 1 N–H and O–H groups in total. The van der Waals surface area contributed by atoms with E-state index >= 15 is 0 Å². The van der Waals surface area contributed by atoms with Gasteiger partial charge in [-0.3, -0.25) is 4.79 Å². The first-order valence-electron chi connectivity index (χ1n) is 7.75. The van der Waals surface area contributed by atoms with E-state index in [0.29, 0.717) is 5.75 Å². The van der Waals surface area contributed by atoms with Crippen LogP contribution in [0.4, 0.5) is 0 Å². The van der Waals surface area contributed by atoms with Crippen molar-refractivity contribution < 1.29 is 18.6 Å². The van der Waals surface area contributed by atoms with E-state index in [4.69, 9.17) is 20.5 Å². The number of rotatable bonds is 7. The van der Waals surface area contributed by atoms with Crippen LogP contribution >= 0.6 is 18.1 Å². The third-order valence-corrected chi connectivity index (χ3v) is 4.98. The second-order valence-electron chi connectivity index (χ2n) is 5.65. The lowest BCUT2D eigenvalue weighted by atomic mass is 10.1. The second kappa shape index (κ2) is 8.02. The molecule has 130 valence electrons. The molecule has 2 atom stereocenters. The summed E-state index contributed by atoms with van der Waals surface area (Å²) in [7, 11) is 0. The molecule has 5 nitrogen and oxygen atoms in total. The van der Waals surface area contributed by atoms with Gasteiger partial charge in [0.15, 0.2) is 0 Å². The monoisotopic (exact) mass is 369 g/mol. The predicted octanol–water partition coefficient (Wildman–Crippen LogP) is 4.74. The summed E-state index contributed by atoms with van der Waals surface area (Å²) in [5, 5.41) is 4.35. The summed E-state index contributed by atoms with van der Waals surface area (Å²) in [4.78, 5) is 12.0. The highest BCUT2D eigenvalue weighted by Gasteiger charge is 2.33. The molecule has 0 fully saturated rings. The van der Waals surface area contributed by atoms with Crippen LogP contribution in [0.25, 0.3) is 10.8 Å². The van der Waals surface area contributed by atoms with Gasteiger partial charge >= 0.3 is 12.8 Å². The zero-order valence-corrected chi connectivity index (χ0v) is 15.5. The molecule has 0 heterocycles. The quantitative estimate of drug-likeness (QED) is 0.564. The van der Waals surface area contributed by atoms with Crippen LogP contribution in [0.5, 0.6) is 5.75 Å². The Balaban J connectivity index is 2.23. The first-order valence-corrected chi connectivity index (χ1v) is 10.3. The van der Waals surface area contributed by atoms with Gasteiger partial charge in [-0.05, 0) is 24.3 Å². The predicted molar refractivity (Wildman–Crippen MR) is 96.4 cm³/mol. The Labute approximate surface area is 146 Å². The molecule has 0 aliphatic rings. The van der Waals surface area contributed by atoms with E-state index in [1.165, 1.54) is 0 Å². The van der Waals surface area contributed by atoms with Crippen LogP contribution in [0.2, 0.25) is 0 Å². The molecule has 0 radical (unpaired) electrons. The molecule has 0 saturated carbocycles. The molecule has 0 amide bonds. The van der Waals surface area contributed by atoms with Gasteiger partial charge in [0, 0.05) is 16.6 Å².